The van der Waals surface area contributed by atoms with Crippen LogP contribution >= 0.6 is 0 Å². The Hall–Kier alpha value is -3.15. The maximum atomic E-state index is 12.7. The van der Waals surface area contributed by atoms with Gasteiger partial charge in [0.1, 0.15) is 17.2 Å². The maximum Gasteiger partial charge on any atom is 0.274 e. The molecule has 3 rings (SSSR count). The van der Waals surface area contributed by atoms with Crippen molar-refractivity contribution in [1.82, 2.24) is 14.9 Å². The summed E-state index contributed by atoms with van der Waals surface area (Å²) in [6.45, 7) is 0.694. The van der Waals surface area contributed by atoms with Crippen LogP contribution in [0.5, 0.6) is 5.75 Å². The molecule has 1 N–H and O–H groups in total. The summed E-state index contributed by atoms with van der Waals surface area (Å²) in [5.41, 5.74) is 1.17. The predicted octanol–water partition coefficient (Wildman–Crippen LogP) is 2.62. The van der Waals surface area contributed by atoms with Gasteiger partial charge in [0.25, 0.3) is 5.91 Å². The molecule has 2 aromatic heterocycles. The van der Waals surface area contributed by atoms with Crippen molar-refractivity contribution in [3.63, 3.8) is 0 Å². The first-order valence-electron chi connectivity index (χ1n) is 7.08. The van der Waals surface area contributed by atoms with Crippen molar-refractivity contribution in [1.29, 1.82) is 0 Å². The SMILES string of the molecule is O=C(c1cnccn1)N(Cc1ccc(O)cc1)Cc1ccco1. The first-order chi connectivity index (χ1) is 11.2. The Labute approximate surface area is 133 Å². The van der Waals surface area contributed by atoms with Crippen LogP contribution in [0.25, 0.3) is 0 Å². The van der Waals surface area contributed by atoms with E-state index in [1.165, 1.54) is 18.6 Å². The normalized spacial score (nSPS) is 10.4. The molecule has 0 atom stereocenters. The van der Waals surface area contributed by atoms with Gasteiger partial charge in [-0.2, -0.15) is 0 Å². The zero-order chi connectivity index (χ0) is 16.1. The highest BCUT2D eigenvalue weighted by molar-refractivity contribution is 5.91. The number of aromatic hydroxyl groups is 1. The molecule has 0 bridgehead atoms. The zero-order valence-electron chi connectivity index (χ0n) is 12.3. The highest BCUT2D eigenvalue weighted by Gasteiger charge is 2.19. The van der Waals surface area contributed by atoms with Crippen LogP contribution in [0.2, 0.25) is 0 Å². The average Bonchev–Trinajstić information content (AvgIpc) is 3.09. The molecule has 2 heterocycles. The molecule has 23 heavy (non-hydrogen) atoms. The number of aromatic nitrogens is 2. The van der Waals surface area contributed by atoms with E-state index >= 15 is 0 Å². The molecule has 0 saturated heterocycles. The van der Waals surface area contributed by atoms with Crippen molar-refractivity contribution in [2.24, 2.45) is 0 Å². The minimum absolute atomic E-state index is 0.187. The lowest BCUT2D eigenvalue weighted by atomic mass is 10.2. The molecule has 0 radical (unpaired) electrons. The van der Waals surface area contributed by atoms with Crippen LogP contribution in [0.1, 0.15) is 21.8 Å². The van der Waals surface area contributed by atoms with Crippen molar-refractivity contribution in [3.05, 3.63) is 78.3 Å². The first kappa shape index (κ1) is 14.8. The Morgan fingerprint density at radius 2 is 1.96 bits per heavy atom. The van der Waals surface area contributed by atoms with Crippen LogP contribution in [0.3, 0.4) is 0 Å². The van der Waals surface area contributed by atoms with Crippen LogP contribution in [0.15, 0.2) is 65.7 Å². The quantitative estimate of drug-likeness (QED) is 0.783. The minimum Gasteiger partial charge on any atom is -0.508 e. The fourth-order valence-corrected chi connectivity index (χ4v) is 2.18. The fourth-order valence-electron chi connectivity index (χ4n) is 2.18. The smallest absolute Gasteiger partial charge is 0.274 e. The average molecular weight is 309 g/mol. The minimum atomic E-state index is -0.234. The Morgan fingerprint density at radius 3 is 2.61 bits per heavy atom. The molecule has 1 aromatic carbocycles. The molecule has 1 amide bonds. The van der Waals surface area contributed by atoms with Crippen LogP contribution in [0.4, 0.5) is 0 Å². The molecular formula is C17H15N3O3. The largest absolute Gasteiger partial charge is 0.508 e. The second-order valence-electron chi connectivity index (χ2n) is 5.00. The Morgan fingerprint density at radius 1 is 1.13 bits per heavy atom. The van der Waals surface area contributed by atoms with Gasteiger partial charge in [0.05, 0.1) is 19.0 Å². The molecule has 0 aliphatic carbocycles. The van der Waals surface area contributed by atoms with E-state index in [-0.39, 0.29) is 17.4 Å². The van der Waals surface area contributed by atoms with Gasteiger partial charge < -0.3 is 14.4 Å². The summed E-state index contributed by atoms with van der Waals surface area (Å²) in [6.07, 6.45) is 6.02. The van der Waals surface area contributed by atoms with E-state index in [4.69, 9.17) is 4.42 Å². The van der Waals surface area contributed by atoms with E-state index in [1.54, 1.807) is 41.5 Å². The van der Waals surface area contributed by atoms with Crippen LogP contribution in [0, 0.1) is 0 Å². The molecule has 3 aromatic rings. The van der Waals surface area contributed by atoms with Gasteiger partial charge >= 0.3 is 0 Å². The fraction of sp³-hybridized carbons (Fsp3) is 0.118. The van der Waals surface area contributed by atoms with E-state index < -0.39 is 0 Å². The second-order valence-corrected chi connectivity index (χ2v) is 5.00. The van der Waals surface area contributed by atoms with E-state index in [1.807, 2.05) is 6.07 Å². The summed E-state index contributed by atoms with van der Waals surface area (Å²) >= 11 is 0. The molecule has 0 saturated carbocycles. The van der Waals surface area contributed by atoms with Crippen LogP contribution < -0.4 is 0 Å². The van der Waals surface area contributed by atoms with Gasteiger partial charge in [0.15, 0.2) is 0 Å². The first-order valence-corrected chi connectivity index (χ1v) is 7.08. The summed E-state index contributed by atoms with van der Waals surface area (Å²) in [7, 11) is 0. The van der Waals surface area contributed by atoms with E-state index in [9.17, 15) is 9.90 Å². The summed E-state index contributed by atoms with van der Waals surface area (Å²) in [6, 6.07) is 10.3. The molecule has 6 nitrogen and oxygen atoms in total. The number of hydrogen-bond donors (Lipinski definition) is 1. The second kappa shape index (κ2) is 6.74. The van der Waals surface area contributed by atoms with E-state index in [2.05, 4.69) is 9.97 Å². The van der Waals surface area contributed by atoms with Gasteiger partial charge in [0.2, 0.25) is 0 Å². The molecule has 0 aliphatic heterocycles. The number of phenols is 1. The van der Waals surface area contributed by atoms with Gasteiger partial charge in [0, 0.05) is 18.9 Å². The van der Waals surface area contributed by atoms with Gasteiger partial charge in [-0.25, -0.2) is 4.98 Å². The highest BCUT2D eigenvalue weighted by atomic mass is 16.3. The topological polar surface area (TPSA) is 79.5 Å². The molecule has 6 heteroatoms. The van der Waals surface area contributed by atoms with Crippen molar-refractivity contribution in [2.75, 3.05) is 0 Å². The number of phenolic OH excluding ortho intramolecular Hbond substituents is 1. The van der Waals surface area contributed by atoms with E-state index in [0.29, 0.717) is 18.8 Å². The number of rotatable bonds is 5. The van der Waals surface area contributed by atoms with Crippen molar-refractivity contribution in [2.45, 2.75) is 13.1 Å². The Kier molecular flexibility index (Phi) is 4.33. The molecule has 0 fully saturated rings. The van der Waals surface area contributed by atoms with Gasteiger partial charge in [-0.05, 0) is 29.8 Å². The van der Waals surface area contributed by atoms with E-state index in [0.717, 1.165) is 5.56 Å². The number of furan rings is 1. The molecule has 0 spiro atoms. The lowest BCUT2D eigenvalue weighted by Gasteiger charge is -2.21. The maximum absolute atomic E-state index is 12.7. The van der Waals surface area contributed by atoms with Crippen LogP contribution in [-0.4, -0.2) is 25.9 Å². The lowest BCUT2D eigenvalue weighted by Crippen LogP contribution is -2.30. The number of carbonyl (C=O) groups is 1. The summed E-state index contributed by atoms with van der Waals surface area (Å²) < 4.78 is 5.34. The third kappa shape index (κ3) is 3.74. The third-order valence-electron chi connectivity index (χ3n) is 3.31. The third-order valence-corrected chi connectivity index (χ3v) is 3.31. The number of hydrogen-bond acceptors (Lipinski definition) is 5. The molecule has 0 aliphatic rings. The Bertz CT molecular complexity index is 756. The molecular weight excluding hydrogens is 294 g/mol. The summed E-state index contributed by atoms with van der Waals surface area (Å²) in [5.74, 6) is 0.634. The Balaban J connectivity index is 1.83. The number of nitrogens with zero attached hydrogens (tertiary/aromatic N) is 3. The lowest BCUT2D eigenvalue weighted by molar-refractivity contribution is 0.0711. The number of carbonyl (C=O) groups excluding carboxylic acids is 1. The van der Waals surface area contributed by atoms with Gasteiger partial charge in [-0.3, -0.25) is 9.78 Å². The highest BCUT2D eigenvalue weighted by Crippen LogP contribution is 2.16. The van der Waals surface area contributed by atoms with Crippen molar-refractivity contribution < 1.29 is 14.3 Å². The van der Waals surface area contributed by atoms with Gasteiger partial charge in [-0.15, -0.1) is 0 Å². The predicted molar refractivity (Wildman–Crippen MR) is 82.4 cm³/mol. The van der Waals surface area contributed by atoms with Crippen LogP contribution in [-0.2, 0) is 13.1 Å². The zero-order valence-corrected chi connectivity index (χ0v) is 12.3. The molecule has 116 valence electrons. The van der Waals surface area contributed by atoms with Gasteiger partial charge in [-0.1, -0.05) is 12.1 Å². The summed E-state index contributed by atoms with van der Waals surface area (Å²) in [4.78, 5) is 22.3. The summed E-state index contributed by atoms with van der Waals surface area (Å²) in [5, 5.41) is 9.37. The van der Waals surface area contributed by atoms with Crippen molar-refractivity contribution in [3.8, 4) is 5.75 Å². The monoisotopic (exact) mass is 309 g/mol. The van der Waals surface area contributed by atoms with Crippen molar-refractivity contribution >= 4 is 5.91 Å². The number of amides is 1. The standard InChI is InChI=1S/C17H15N3O3/c21-14-5-3-13(4-6-14)11-20(12-15-2-1-9-23-15)17(22)16-10-18-7-8-19-16/h1-10,21H,11-12H2. The molecule has 0 unspecified atom stereocenters. The number of benzene rings is 1.